The summed E-state index contributed by atoms with van der Waals surface area (Å²) in [5, 5.41) is 8.89. The van der Waals surface area contributed by atoms with Crippen molar-refractivity contribution >= 4 is 11.9 Å². The second-order valence-corrected chi connectivity index (χ2v) is 6.51. The molecule has 158 valence electrons. The number of hydrogen-bond acceptors (Lipinski definition) is 5. The van der Waals surface area contributed by atoms with Crippen LogP contribution in [0, 0.1) is 5.92 Å². The van der Waals surface area contributed by atoms with Gasteiger partial charge in [-0.25, -0.2) is 9.59 Å². The van der Waals surface area contributed by atoms with Crippen LogP contribution in [0.15, 0.2) is 0 Å². The number of ether oxygens (including phenoxy) is 2. The number of rotatable bonds is 7. The van der Waals surface area contributed by atoms with Crippen molar-refractivity contribution in [2.24, 2.45) is 5.92 Å². The highest BCUT2D eigenvalue weighted by Gasteiger charge is 2.76. The van der Waals surface area contributed by atoms with E-state index in [-0.39, 0.29) is 5.92 Å². The molecule has 1 saturated carbocycles. The monoisotopic (exact) mass is 408 g/mol. The molecule has 0 amide bonds. The average molecular weight is 408 g/mol. The van der Waals surface area contributed by atoms with E-state index in [1.165, 1.54) is 0 Å². The number of carbonyl (C=O) groups excluding carboxylic acids is 2. The molecule has 1 aliphatic rings. The quantitative estimate of drug-likeness (QED) is 0.514. The fourth-order valence-corrected chi connectivity index (χ4v) is 3.38. The Hall–Kier alpha value is -1.52. The molecule has 1 N–H and O–H groups in total. The summed E-state index contributed by atoms with van der Waals surface area (Å²) >= 11 is 0. The van der Waals surface area contributed by atoms with Crippen LogP contribution in [0.5, 0.6) is 0 Å². The maximum Gasteiger partial charge on any atom is 0.437 e. The SMILES string of the molecule is CCC(CC)(OC(=O)COC(=O)C(O)(C(F)(F)F)C(F)(F)F)C1CCCC1. The van der Waals surface area contributed by atoms with E-state index in [4.69, 9.17) is 9.84 Å². The van der Waals surface area contributed by atoms with E-state index < -0.39 is 42.1 Å². The Morgan fingerprint density at radius 2 is 1.41 bits per heavy atom. The number of hydrogen-bond donors (Lipinski definition) is 1. The Labute approximate surface area is 152 Å². The lowest BCUT2D eigenvalue weighted by Gasteiger charge is -2.37. The van der Waals surface area contributed by atoms with Crippen LogP contribution in [0.2, 0.25) is 0 Å². The molecule has 5 nitrogen and oxygen atoms in total. The maximum absolute atomic E-state index is 12.6. The van der Waals surface area contributed by atoms with Gasteiger partial charge >= 0.3 is 29.9 Å². The van der Waals surface area contributed by atoms with Crippen molar-refractivity contribution < 1.29 is 50.5 Å². The van der Waals surface area contributed by atoms with Crippen LogP contribution < -0.4 is 0 Å². The summed E-state index contributed by atoms with van der Waals surface area (Å²) in [6.07, 6.45) is -8.56. The second-order valence-electron chi connectivity index (χ2n) is 6.51. The lowest BCUT2D eigenvalue weighted by atomic mass is 9.81. The standard InChI is InChI=1S/C16H22F6O5/c1-3-13(4-2,10-7-5-6-8-10)27-11(23)9-26-12(24)14(25,15(17,18)19)16(20,21)22/h10,25H,3-9H2,1-2H3. The molecule has 0 heterocycles. The van der Waals surface area contributed by atoms with Crippen LogP contribution in [-0.4, -0.2) is 47.2 Å². The molecule has 11 heteroatoms. The normalized spacial score (nSPS) is 17.1. The molecule has 0 aromatic rings. The topological polar surface area (TPSA) is 72.8 Å². The van der Waals surface area contributed by atoms with Gasteiger partial charge in [0.1, 0.15) is 5.60 Å². The van der Waals surface area contributed by atoms with Gasteiger partial charge in [0.05, 0.1) is 0 Å². The Balaban J connectivity index is 2.84. The van der Waals surface area contributed by atoms with Crippen LogP contribution in [0.4, 0.5) is 26.3 Å². The molecule has 0 spiro atoms. The minimum Gasteiger partial charge on any atom is -0.456 e. The first-order valence-electron chi connectivity index (χ1n) is 8.50. The molecule has 0 saturated heterocycles. The van der Waals surface area contributed by atoms with Gasteiger partial charge in [0, 0.05) is 0 Å². The molecular weight excluding hydrogens is 386 g/mol. The second kappa shape index (κ2) is 8.24. The van der Waals surface area contributed by atoms with Crippen molar-refractivity contribution in [2.45, 2.75) is 75.9 Å². The highest BCUT2D eigenvalue weighted by Crippen LogP contribution is 2.44. The summed E-state index contributed by atoms with van der Waals surface area (Å²) in [7, 11) is 0. The minimum atomic E-state index is -6.37. The molecule has 1 rings (SSSR count). The summed E-state index contributed by atoms with van der Waals surface area (Å²) in [6, 6.07) is 0. The molecule has 0 bridgehead atoms. The number of alkyl halides is 6. The average Bonchev–Trinajstić information content (AvgIpc) is 3.09. The van der Waals surface area contributed by atoms with Gasteiger partial charge in [-0.1, -0.05) is 26.7 Å². The molecule has 0 aromatic heterocycles. The predicted octanol–water partition coefficient (Wildman–Crippen LogP) is 3.68. The molecular formula is C16H22F6O5. The van der Waals surface area contributed by atoms with Crippen LogP contribution in [0.1, 0.15) is 52.4 Å². The van der Waals surface area contributed by atoms with Crippen LogP contribution >= 0.6 is 0 Å². The highest BCUT2D eigenvalue weighted by molar-refractivity contribution is 5.84. The zero-order valence-corrected chi connectivity index (χ0v) is 14.9. The Bertz CT molecular complexity index is 518. The fraction of sp³-hybridized carbons (Fsp3) is 0.875. The number of esters is 2. The van der Waals surface area contributed by atoms with Gasteiger partial charge in [-0.2, -0.15) is 26.3 Å². The van der Waals surface area contributed by atoms with Crippen molar-refractivity contribution in [1.82, 2.24) is 0 Å². The van der Waals surface area contributed by atoms with Crippen molar-refractivity contribution in [1.29, 1.82) is 0 Å². The van der Waals surface area contributed by atoms with Crippen molar-refractivity contribution in [3.05, 3.63) is 0 Å². The van der Waals surface area contributed by atoms with E-state index in [2.05, 4.69) is 4.74 Å². The van der Waals surface area contributed by atoms with Crippen LogP contribution in [0.3, 0.4) is 0 Å². The molecule has 27 heavy (non-hydrogen) atoms. The van der Waals surface area contributed by atoms with E-state index in [1.54, 1.807) is 13.8 Å². The molecule has 1 fully saturated rings. The Kier molecular flexibility index (Phi) is 7.17. The first-order valence-corrected chi connectivity index (χ1v) is 8.50. The number of halogens is 6. The fourth-order valence-electron chi connectivity index (χ4n) is 3.38. The van der Waals surface area contributed by atoms with Crippen molar-refractivity contribution in [2.75, 3.05) is 6.61 Å². The van der Waals surface area contributed by atoms with E-state index in [1.807, 2.05) is 0 Å². The first-order chi connectivity index (χ1) is 12.2. The van der Waals surface area contributed by atoms with Gasteiger partial charge in [0.25, 0.3) is 0 Å². The van der Waals surface area contributed by atoms with Crippen molar-refractivity contribution in [3.63, 3.8) is 0 Å². The molecule has 0 aliphatic heterocycles. The van der Waals surface area contributed by atoms with Crippen LogP contribution in [0.25, 0.3) is 0 Å². The molecule has 0 radical (unpaired) electrons. The number of aliphatic hydroxyl groups is 1. The third kappa shape index (κ3) is 4.67. The predicted molar refractivity (Wildman–Crippen MR) is 79.4 cm³/mol. The summed E-state index contributed by atoms with van der Waals surface area (Å²) in [4.78, 5) is 23.2. The summed E-state index contributed by atoms with van der Waals surface area (Å²) in [6.45, 7) is 2.02. The largest absolute Gasteiger partial charge is 0.456 e. The summed E-state index contributed by atoms with van der Waals surface area (Å²) < 4.78 is 84.5. The van der Waals surface area contributed by atoms with E-state index >= 15 is 0 Å². The van der Waals surface area contributed by atoms with Gasteiger partial charge in [0.2, 0.25) is 0 Å². The summed E-state index contributed by atoms with van der Waals surface area (Å²) in [5.74, 6) is -4.29. The van der Waals surface area contributed by atoms with Crippen molar-refractivity contribution in [3.8, 4) is 0 Å². The third-order valence-corrected chi connectivity index (χ3v) is 5.05. The minimum absolute atomic E-state index is 0.00874. The first kappa shape index (κ1) is 23.5. The Morgan fingerprint density at radius 1 is 0.963 bits per heavy atom. The van der Waals surface area contributed by atoms with Gasteiger partial charge in [-0.3, -0.25) is 0 Å². The lowest BCUT2D eigenvalue weighted by Crippen LogP contribution is -2.63. The molecule has 0 atom stereocenters. The van der Waals surface area contributed by atoms with Crippen LogP contribution in [-0.2, 0) is 19.1 Å². The van der Waals surface area contributed by atoms with E-state index in [0.717, 1.165) is 25.7 Å². The molecule has 0 aromatic carbocycles. The van der Waals surface area contributed by atoms with Gasteiger partial charge in [-0.05, 0) is 31.6 Å². The zero-order chi connectivity index (χ0) is 21.1. The van der Waals surface area contributed by atoms with Gasteiger partial charge in [0.15, 0.2) is 6.61 Å². The maximum atomic E-state index is 12.6. The molecule has 1 aliphatic carbocycles. The van der Waals surface area contributed by atoms with Gasteiger partial charge < -0.3 is 14.6 Å². The number of carbonyl (C=O) groups is 2. The smallest absolute Gasteiger partial charge is 0.437 e. The third-order valence-electron chi connectivity index (χ3n) is 5.05. The van der Waals surface area contributed by atoms with E-state index in [9.17, 15) is 35.9 Å². The van der Waals surface area contributed by atoms with Gasteiger partial charge in [-0.15, -0.1) is 0 Å². The molecule has 0 unspecified atom stereocenters. The lowest BCUT2D eigenvalue weighted by molar-refractivity contribution is -0.356. The highest BCUT2D eigenvalue weighted by atomic mass is 19.4. The van der Waals surface area contributed by atoms with E-state index in [0.29, 0.717) is 12.8 Å². The summed E-state index contributed by atoms with van der Waals surface area (Å²) in [5.41, 5.74) is -6.65. The zero-order valence-electron chi connectivity index (χ0n) is 14.9. The Morgan fingerprint density at radius 3 is 1.78 bits per heavy atom.